The molecule has 0 aliphatic rings. The lowest BCUT2D eigenvalue weighted by molar-refractivity contribution is 1.29. The molecule has 0 amide bonds. The molecule has 1 unspecified atom stereocenters. The minimum Gasteiger partial charge on any atom is -0.195 e. The average molecular weight is 500 g/mol. The maximum atomic E-state index is 5.38. The van der Waals surface area contributed by atoms with Crippen molar-refractivity contribution < 1.29 is 0 Å². The predicted molar refractivity (Wildman–Crippen MR) is 151 cm³/mol. The normalized spacial score (nSPS) is 11.8. The highest BCUT2D eigenvalue weighted by Gasteiger charge is 2.31. The summed E-state index contributed by atoms with van der Waals surface area (Å²) in [5.74, 6) is 0. The Balaban J connectivity index is 0.000000360. The second kappa shape index (κ2) is 11.9. The molecule has 0 spiro atoms. The van der Waals surface area contributed by atoms with Gasteiger partial charge in [-0.3, -0.25) is 0 Å². The first kappa shape index (κ1) is 24.9. The maximum absolute atomic E-state index is 5.38. The lowest BCUT2D eigenvalue weighted by Crippen LogP contribution is -2.74. The number of rotatable bonds is 5. The van der Waals surface area contributed by atoms with Gasteiger partial charge in [0.25, 0.3) is 0 Å². The Morgan fingerprint density at radius 1 is 0.531 bits per heavy atom. The zero-order chi connectivity index (χ0) is 22.9. The summed E-state index contributed by atoms with van der Waals surface area (Å²) in [6.45, 7) is 2.06. The van der Waals surface area contributed by atoms with E-state index < -0.39 is 9.94 Å². The van der Waals surface area contributed by atoms with Gasteiger partial charge in [-0.25, -0.2) is 0 Å². The molecule has 0 N–H and O–H groups in total. The van der Waals surface area contributed by atoms with Crippen molar-refractivity contribution in [3.05, 3.63) is 121 Å². The van der Waals surface area contributed by atoms with Crippen LogP contribution >= 0.6 is 43.4 Å². The minimum absolute atomic E-state index is 0.314. The molecule has 0 nitrogen and oxygen atoms in total. The fourth-order valence-corrected chi connectivity index (χ4v) is 6.20. The summed E-state index contributed by atoms with van der Waals surface area (Å²) in [4.78, 5) is 0. The highest BCUT2D eigenvalue weighted by Crippen LogP contribution is 2.31. The molecule has 0 saturated heterocycles. The van der Waals surface area contributed by atoms with Gasteiger partial charge >= 0.3 is 0 Å². The van der Waals surface area contributed by atoms with Crippen molar-refractivity contribution in [1.29, 1.82) is 0 Å². The smallest absolute Gasteiger partial charge is 0.195 e. The standard InChI is InChI=1S/C24H20B.C3H6Cl3P/c1-5-13-21(14-6-1)25(22-15-7-2-8-16-22,23-17-9-3-10-18-23)24-19-11-4-12-20-24;1-7-2-3(4,5)6/h1-20H;7H,2H2,1H3/q-1;/p+1. The van der Waals surface area contributed by atoms with E-state index in [0.717, 1.165) is 6.16 Å². The Hall–Kier alpha value is -1.76. The van der Waals surface area contributed by atoms with Crippen molar-refractivity contribution in [3.8, 4) is 0 Å². The maximum Gasteiger partial charge on any atom is 0.223 e. The van der Waals surface area contributed by atoms with Crippen molar-refractivity contribution in [2.75, 3.05) is 12.8 Å². The zero-order valence-corrected chi connectivity index (χ0v) is 21.5. The molecule has 164 valence electrons. The molecule has 32 heavy (non-hydrogen) atoms. The number of hydrogen-bond donors (Lipinski definition) is 0. The van der Waals surface area contributed by atoms with Crippen LogP contribution in [0.15, 0.2) is 121 Å². The lowest BCUT2D eigenvalue weighted by atomic mass is 9.13. The number of halogens is 3. The summed E-state index contributed by atoms with van der Waals surface area (Å²) >= 11 is 16.2. The van der Waals surface area contributed by atoms with Gasteiger partial charge in [0.15, 0.2) is 0 Å². The van der Waals surface area contributed by atoms with E-state index in [4.69, 9.17) is 34.8 Å². The summed E-state index contributed by atoms with van der Waals surface area (Å²) in [7, 11) is 0.314. The molecule has 0 aromatic heterocycles. The van der Waals surface area contributed by atoms with E-state index in [1.807, 2.05) is 0 Å². The fourth-order valence-electron chi connectivity index (χ4n) is 4.35. The SMILES string of the molecule is C[PH2+]CC(Cl)(Cl)Cl.c1ccc([B-](c2ccccc2)(c2ccccc2)c2ccccc2)cc1. The van der Waals surface area contributed by atoms with E-state index in [0.29, 0.717) is 8.58 Å². The van der Waals surface area contributed by atoms with E-state index in [-0.39, 0.29) is 0 Å². The Morgan fingerprint density at radius 3 is 0.938 bits per heavy atom. The van der Waals surface area contributed by atoms with Crippen molar-refractivity contribution in [2.24, 2.45) is 0 Å². The molecule has 4 aromatic carbocycles. The monoisotopic (exact) mass is 498 g/mol. The average Bonchev–Trinajstić information content (AvgIpc) is 2.82. The quantitative estimate of drug-likeness (QED) is 0.194. The Labute approximate surface area is 208 Å². The summed E-state index contributed by atoms with van der Waals surface area (Å²) < 4.78 is -0.996. The van der Waals surface area contributed by atoms with E-state index in [1.165, 1.54) is 21.9 Å². The van der Waals surface area contributed by atoms with Gasteiger partial charge in [-0.2, -0.15) is 21.9 Å². The second-order valence-corrected chi connectivity index (χ2v) is 11.5. The molecule has 0 aliphatic heterocycles. The molecule has 0 heterocycles. The number of benzene rings is 4. The van der Waals surface area contributed by atoms with E-state index in [2.05, 4.69) is 128 Å². The van der Waals surface area contributed by atoms with Crippen molar-refractivity contribution >= 4 is 71.4 Å². The highest BCUT2D eigenvalue weighted by molar-refractivity contribution is 7.37. The highest BCUT2D eigenvalue weighted by atomic mass is 35.6. The van der Waals surface area contributed by atoms with Crippen LogP contribution in [0.3, 0.4) is 0 Å². The molecule has 0 bridgehead atoms. The molecule has 1 atom stereocenters. The summed E-state index contributed by atoms with van der Waals surface area (Å²) in [5, 5.41) is 0. The molecule has 0 saturated carbocycles. The largest absolute Gasteiger partial charge is 0.223 e. The van der Waals surface area contributed by atoms with Gasteiger partial charge in [-0.1, -0.05) is 156 Å². The van der Waals surface area contributed by atoms with Gasteiger partial charge in [-0.05, 0) is 8.58 Å². The third-order valence-electron chi connectivity index (χ3n) is 5.63. The zero-order valence-electron chi connectivity index (χ0n) is 18.0. The third-order valence-corrected chi connectivity index (χ3v) is 7.89. The van der Waals surface area contributed by atoms with Crippen LogP contribution in [0.2, 0.25) is 0 Å². The van der Waals surface area contributed by atoms with E-state index >= 15 is 0 Å². The Morgan fingerprint density at radius 2 is 0.781 bits per heavy atom. The van der Waals surface area contributed by atoms with Crippen LogP contribution < -0.4 is 21.9 Å². The molecular weight excluding hydrogens is 472 g/mol. The summed E-state index contributed by atoms with van der Waals surface area (Å²) in [5.41, 5.74) is 5.36. The van der Waals surface area contributed by atoms with Crippen LogP contribution in [0, 0.1) is 0 Å². The predicted octanol–water partition coefficient (Wildman–Crippen LogP) is 5.46. The van der Waals surface area contributed by atoms with Gasteiger partial charge in [0.2, 0.25) is 3.79 Å². The summed E-state index contributed by atoms with van der Waals surface area (Å²) in [6, 6.07) is 43.5. The van der Waals surface area contributed by atoms with Crippen LogP contribution in [0.4, 0.5) is 0 Å². The Kier molecular flexibility index (Phi) is 9.27. The van der Waals surface area contributed by atoms with Crippen molar-refractivity contribution in [2.45, 2.75) is 3.79 Å². The minimum atomic E-state index is -1.22. The molecular formula is C27H27BCl3P. The molecule has 0 aliphatic carbocycles. The number of alkyl halides is 3. The van der Waals surface area contributed by atoms with Gasteiger partial charge < -0.3 is 0 Å². The van der Waals surface area contributed by atoms with Crippen LogP contribution in [0.25, 0.3) is 0 Å². The summed E-state index contributed by atoms with van der Waals surface area (Å²) in [6.07, 6.45) is -0.496. The molecule has 0 fully saturated rings. The van der Waals surface area contributed by atoms with Crippen LogP contribution in [0.5, 0.6) is 0 Å². The van der Waals surface area contributed by atoms with Gasteiger partial charge in [0.05, 0.1) is 0 Å². The first-order chi connectivity index (χ1) is 15.5. The Bertz CT molecular complexity index is 890. The van der Waals surface area contributed by atoms with Gasteiger partial charge in [0, 0.05) is 6.66 Å². The van der Waals surface area contributed by atoms with Gasteiger partial charge in [0.1, 0.15) is 12.3 Å². The topological polar surface area (TPSA) is 0 Å². The first-order valence-electron chi connectivity index (χ1n) is 10.7. The fraction of sp³-hybridized carbons (Fsp3) is 0.111. The molecule has 0 radical (unpaired) electrons. The van der Waals surface area contributed by atoms with Gasteiger partial charge in [-0.15, -0.1) is 0 Å². The van der Waals surface area contributed by atoms with Crippen molar-refractivity contribution in [3.63, 3.8) is 0 Å². The van der Waals surface area contributed by atoms with Crippen LogP contribution in [-0.2, 0) is 0 Å². The van der Waals surface area contributed by atoms with Crippen LogP contribution in [0.1, 0.15) is 0 Å². The third kappa shape index (κ3) is 6.18. The molecule has 4 rings (SSSR count). The van der Waals surface area contributed by atoms with Crippen molar-refractivity contribution in [1.82, 2.24) is 0 Å². The van der Waals surface area contributed by atoms with E-state index in [1.54, 1.807) is 0 Å². The second-order valence-electron chi connectivity index (χ2n) is 7.74. The first-order valence-corrected chi connectivity index (χ1v) is 13.8. The molecule has 5 heteroatoms. The van der Waals surface area contributed by atoms with Crippen LogP contribution in [-0.4, -0.2) is 22.8 Å². The lowest BCUT2D eigenvalue weighted by Gasteiger charge is -2.44. The number of hydrogen-bond acceptors (Lipinski definition) is 0. The van der Waals surface area contributed by atoms with E-state index in [9.17, 15) is 0 Å². The molecule has 4 aromatic rings.